The average molecular weight is 488 g/mol. The zero-order valence-corrected chi connectivity index (χ0v) is 23.2. The van der Waals surface area contributed by atoms with Gasteiger partial charge in [-0.2, -0.15) is 0 Å². The van der Waals surface area contributed by atoms with Crippen LogP contribution in [0.25, 0.3) is 0 Å². The van der Waals surface area contributed by atoms with E-state index < -0.39 is 29.3 Å². The molecule has 2 N–H and O–H groups in total. The van der Waals surface area contributed by atoms with E-state index >= 15 is 0 Å². The molecule has 0 aliphatic rings. The van der Waals surface area contributed by atoms with Crippen LogP contribution in [-0.2, 0) is 14.3 Å². The number of nitrogens with zero attached hydrogens (tertiary/aromatic N) is 1. The first-order valence-corrected chi connectivity index (χ1v) is 12.2. The van der Waals surface area contributed by atoms with Crippen LogP contribution in [0, 0.1) is 19.8 Å². The Balaban J connectivity index is 3.56. The summed E-state index contributed by atoms with van der Waals surface area (Å²) in [5.41, 5.74) is 1.41. The van der Waals surface area contributed by atoms with E-state index in [4.69, 9.17) is 4.74 Å². The van der Waals surface area contributed by atoms with Gasteiger partial charge in [0.05, 0.1) is 0 Å². The van der Waals surface area contributed by atoms with Gasteiger partial charge in [0.25, 0.3) is 0 Å². The van der Waals surface area contributed by atoms with Crippen LogP contribution in [0.15, 0.2) is 30.9 Å². The molecular formula is C28H45N3O4. The van der Waals surface area contributed by atoms with E-state index in [1.54, 1.807) is 26.8 Å². The summed E-state index contributed by atoms with van der Waals surface area (Å²) in [7, 11) is 0. The number of carbonyl (C=O) groups is 3. The summed E-state index contributed by atoms with van der Waals surface area (Å²) in [6.45, 7) is 22.8. The number of rotatable bonds is 9. The molecule has 0 aliphatic heterocycles. The molecule has 3 amide bonds. The molecule has 0 spiro atoms. The quantitative estimate of drug-likeness (QED) is 0.468. The number of carbonyl (C=O) groups excluding carboxylic acids is 3. The lowest BCUT2D eigenvalue weighted by Crippen LogP contribution is -2.55. The molecule has 0 radical (unpaired) electrons. The van der Waals surface area contributed by atoms with Crippen molar-refractivity contribution >= 4 is 17.9 Å². The van der Waals surface area contributed by atoms with Gasteiger partial charge >= 0.3 is 6.09 Å². The topological polar surface area (TPSA) is 87.7 Å². The van der Waals surface area contributed by atoms with E-state index in [1.165, 1.54) is 4.90 Å². The summed E-state index contributed by atoms with van der Waals surface area (Å²) in [6, 6.07) is 4.10. The van der Waals surface area contributed by atoms with E-state index in [-0.39, 0.29) is 24.3 Å². The van der Waals surface area contributed by atoms with Gasteiger partial charge in [0, 0.05) is 12.1 Å². The maximum absolute atomic E-state index is 14.0. The predicted molar refractivity (Wildman–Crippen MR) is 141 cm³/mol. The van der Waals surface area contributed by atoms with Gasteiger partial charge in [-0.05, 0) is 78.9 Å². The molecule has 0 bridgehead atoms. The van der Waals surface area contributed by atoms with Gasteiger partial charge in [-0.15, -0.1) is 6.58 Å². The third-order valence-corrected chi connectivity index (χ3v) is 5.09. The summed E-state index contributed by atoms with van der Waals surface area (Å²) >= 11 is 0. The fraction of sp³-hybridized carbons (Fsp3) is 0.607. The van der Waals surface area contributed by atoms with Crippen LogP contribution in [0.3, 0.4) is 0 Å². The van der Waals surface area contributed by atoms with E-state index in [2.05, 4.69) is 17.2 Å². The molecule has 0 heterocycles. The summed E-state index contributed by atoms with van der Waals surface area (Å²) in [4.78, 5) is 41.7. The largest absolute Gasteiger partial charge is 0.444 e. The van der Waals surface area contributed by atoms with Crippen LogP contribution >= 0.6 is 0 Å². The maximum atomic E-state index is 14.0. The number of ether oxygens (including phenoxy) is 1. The molecule has 1 aromatic rings. The first-order valence-electron chi connectivity index (χ1n) is 12.2. The van der Waals surface area contributed by atoms with Gasteiger partial charge in [0.2, 0.25) is 11.8 Å². The Hall–Kier alpha value is -2.83. The van der Waals surface area contributed by atoms with Crippen LogP contribution in [0.4, 0.5) is 4.79 Å². The molecule has 35 heavy (non-hydrogen) atoms. The molecule has 0 fully saturated rings. The Labute approximate surface area is 211 Å². The number of benzene rings is 1. The highest BCUT2D eigenvalue weighted by atomic mass is 16.6. The number of aryl methyl sites for hydroxylation is 2. The molecule has 0 aliphatic carbocycles. The lowest BCUT2D eigenvalue weighted by Gasteiger charge is -2.36. The van der Waals surface area contributed by atoms with Crippen molar-refractivity contribution < 1.29 is 19.1 Å². The van der Waals surface area contributed by atoms with Crippen molar-refractivity contribution in [1.82, 2.24) is 15.5 Å². The van der Waals surface area contributed by atoms with Gasteiger partial charge < -0.3 is 20.3 Å². The highest BCUT2D eigenvalue weighted by Gasteiger charge is 2.37. The summed E-state index contributed by atoms with van der Waals surface area (Å²) in [5, 5.41) is 5.78. The Morgan fingerprint density at radius 3 is 2.17 bits per heavy atom. The minimum Gasteiger partial charge on any atom is -0.444 e. The summed E-state index contributed by atoms with van der Waals surface area (Å²) in [6.07, 6.45) is 1.32. The second kappa shape index (κ2) is 12.2. The molecule has 2 unspecified atom stereocenters. The Morgan fingerprint density at radius 2 is 1.69 bits per heavy atom. The molecule has 7 heteroatoms. The molecule has 7 nitrogen and oxygen atoms in total. The third kappa shape index (κ3) is 10.1. The first-order chi connectivity index (χ1) is 15.9. The van der Waals surface area contributed by atoms with Crippen molar-refractivity contribution in [2.45, 2.75) is 98.9 Å². The van der Waals surface area contributed by atoms with Crippen LogP contribution in [0.1, 0.15) is 84.5 Å². The normalized spacial score (nSPS) is 13.6. The van der Waals surface area contributed by atoms with Crippen LogP contribution in [-0.4, -0.2) is 46.5 Å². The fourth-order valence-corrected chi connectivity index (χ4v) is 3.75. The molecule has 2 atom stereocenters. The van der Waals surface area contributed by atoms with E-state index in [1.807, 2.05) is 66.7 Å². The average Bonchev–Trinajstić information content (AvgIpc) is 2.66. The molecule has 1 aromatic carbocycles. The van der Waals surface area contributed by atoms with Crippen molar-refractivity contribution in [3.8, 4) is 0 Å². The zero-order valence-electron chi connectivity index (χ0n) is 23.2. The number of hydrogen-bond donors (Lipinski definition) is 2. The minimum absolute atomic E-state index is 0.118. The highest BCUT2D eigenvalue weighted by molar-refractivity contribution is 5.92. The van der Waals surface area contributed by atoms with Crippen LogP contribution < -0.4 is 10.6 Å². The molecule has 196 valence electrons. The number of alkyl carbamates (subject to hydrolysis) is 1. The van der Waals surface area contributed by atoms with Gasteiger partial charge in [-0.25, -0.2) is 4.79 Å². The van der Waals surface area contributed by atoms with E-state index in [0.29, 0.717) is 6.42 Å². The van der Waals surface area contributed by atoms with Crippen LogP contribution in [0.5, 0.6) is 0 Å². The maximum Gasteiger partial charge on any atom is 0.408 e. The summed E-state index contributed by atoms with van der Waals surface area (Å²) < 4.78 is 5.41. The third-order valence-electron chi connectivity index (χ3n) is 5.09. The fourth-order valence-electron chi connectivity index (χ4n) is 3.75. The van der Waals surface area contributed by atoms with Crippen LogP contribution in [0.2, 0.25) is 0 Å². The molecular weight excluding hydrogens is 442 g/mol. The first kappa shape index (κ1) is 30.2. The van der Waals surface area contributed by atoms with Crippen molar-refractivity contribution in [1.29, 1.82) is 0 Å². The highest BCUT2D eigenvalue weighted by Crippen LogP contribution is 2.28. The van der Waals surface area contributed by atoms with E-state index in [0.717, 1.165) is 16.7 Å². The second-order valence-corrected chi connectivity index (χ2v) is 11.6. The zero-order chi connectivity index (χ0) is 27.1. The van der Waals surface area contributed by atoms with Crippen molar-refractivity contribution in [3.05, 3.63) is 47.5 Å². The van der Waals surface area contributed by atoms with Crippen molar-refractivity contribution in [3.63, 3.8) is 0 Å². The molecule has 0 saturated heterocycles. The number of hydrogen-bond acceptors (Lipinski definition) is 4. The monoisotopic (exact) mass is 487 g/mol. The SMILES string of the molecule is C=CCN(C(=O)C(CC(C)C)NC(=O)OC(C)(C)C)C(C(=O)NC(C)(C)C)c1cc(C)ccc1C. The summed E-state index contributed by atoms with van der Waals surface area (Å²) in [5.74, 6) is -0.534. The lowest BCUT2D eigenvalue weighted by molar-refractivity contribution is -0.142. The van der Waals surface area contributed by atoms with Gasteiger partial charge in [-0.1, -0.05) is 43.7 Å². The molecule has 1 rings (SSSR count). The predicted octanol–water partition coefficient (Wildman–Crippen LogP) is 5.21. The van der Waals surface area contributed by atoms with Gasteiger partial charge in [0.1, 0.15) is 17.7 Å². The van der Waals surface area contributed by atoms with Crippen molar-refractivity contribution in [2.75, 3.05) is 6.54 Å². The van der Waals surface area contributed by atoms with Gasteiger partial charge in [-0.3, -0.25) is 9.59 Å². The molecule has 0 aromatic heterocycles. The minimum atomic E-state index is -0.894. The Bertz CT molecular complexity index is 910. The smallest absolute Gasteiger partial charge is 0.408 e. The van der Waals surface area contributed by atoms with Gasteiger partial charge in [0.15, 0.2) is 0 Å². The Morgan fingerprint density at radius 1 is 1.09 bits per heavy atom. The number of nitrogens with one attached hydrogen (secondary N) is 2. The number of amides is 3. The van der Waals surface area contributed by atoms with E-state index in [9.17, 15) is 14.4 Å². The lowest BCUT2D eigenvalue weighted by atomic mass is 9.94. The standard InChI is InChI=1S/C28H45N3O4/c1-12-15-31(25(33)22(16-18(2)3)29-26(34)35-28(9,10)11)23(24(32)30-27(6,7)8)21-17-19(4)13-14-20(21)5/h12-14,17-18,22-23H,1,15-16H2,2-11H3,(H,29,34)(H,30,32). The Kier molecular flexibility index (Phi) is 10.6. The molecule has 0 saturated carbocycles. The van der Waals surface area contributed by atoms with Crippen molar-refractivity contribution in [2.24, 2.45) is 5.92 Å². The second-order valence-electron chi connectivity index (χ2n) is 11.6.